The molecule has 3 N–H and O–H groups in total. The topological polar surface area (TPSA) is 46.2 Å². The highest BCUT2D eigenvalue weighted by Gasteiger charge is 1.92. The van der Waals surface area contributed by atoms with E-state index in [0.717, 1.165) is 0 Å². The molecular formula is C7H11NO. The van der Waals surface area contributed by atoms with Gasteiger partial charge in [-0.15, -0.1) is 0 Å². The van der Waals surface area contributed by atoms with Crippen molar-refractivity contribution in [3.63, 3.8) is 0 Å². The molecule has 0 aromatic carbocycles. The summed E-state index contributed by atoms with van der Waals surface area (Å²) >= 11 is 0. The smallest absolute Gasteiger partial charge is 0.119 e. The molecule has 0 aliphatic carbocycles. The molecule has 0 rings (SSSR count). The first-order valence-electron chi connectivity index (χ1n) is 2.63. The first-order chi connectivity index (χ1) is 4.26. The van der Waals surface area contributed by atoms with Crippen molar-refractivity contribution in [3.05, 3.63) is 36.6 Å². The lowest BCUT2D eigenvalue weighted by Gasteiger charge is -1.96. The first kappa shape index (κ1) is 7.98. The molecule has 0 spiro atoms. The van der Waals surface area contributed by atoms with E-state index in [1.807, 2.05) is 0 Å². The Morgan fingerprint density at radius 2 is 2.00 bits per heavy atom. The van der Waals surface area contributed by atoms with E-state index in [9.17, 15) is 0 Å². The zero-order valence-corrected chi connectivity index (χ0v) is 5.30. The van der Waals surface area contributed by atoms with Crippen LogP contribution in [-0.4, -0.2) is 11.7 Å². The van der Waals surface area contributed by atoms with Gasteiger partial charge in [0.2, 0.25) is 0 Å². The minimum Gasteiger partial charge on any atom is -0.508 e. The van der Waals surface area contributed by atoms with E-state index in [1.54, 1.807) is 0 Å². The van der Waals surface area contributed by atoms with Crippen LogP contribution in [0, 0.1) is 0 Å². The van der Waals surface area contributed by atoms with Gasteiger partial charge in [0.1, 0.15) is 5.76 Å². The average Bonchev–Trinajstić information content (AvgIpc) is 1.90. The maximum atomic E-state index is 8.93. The summed E-state index contributed by atoms with van der Waals surface area (Å²) in [4.78, 5) is 0. The maximum Gasteiger partial charge on any atom is 0.119 e. The van der Waals surface area contributed by atoms with Gasteiger partial charge in [0, 0.05) is 12.1 Å². The van der Waals surface area contributed by atoms with E-state index in [4.69, 9.17) is 10.8 Å². The highest BCUT2D eigenvalue weighted by molar-refractivity contribution is 5.26. The second kappa shape index (κ2) is 3.92. The molecule has 0 fully saturated rings. The summed E-state index contributed by atoms with van der Waals surface area (Å²) in [6, 6.07) is 0. The van der Waals surface area contributed by atoms with Gasteiger partial charge in [0.15, 0.2) is 0 Å². The Morgan fingerprint density at radius 3 is 2.11 bits per heavy atom. The largest absolute Gasteiger partial charge is 0.508 e. The van der Waals surface area contributed by atoms with Gasteiger partial charge in [0.25, 0.3) is 0 Å². The monoisotopic (exact) mass is 125 g/mol. The fourth-order valence-electron chi connectivity index (χ4n) is 0.424. The summed E-state index contributed by atoms with van der Waals surface area (Å²) in [5.41, 5.74) is 5.84. The molecule has 0 bridgehead atoms. The zero-order valence-electron chi connectivity index (χ0n) is 5.30. The normalized spacial score (nSPS) is 12.1. The van der Waals surface area contributed by atoms with Crippen molar-refractivity contribution < 1.29 is 5.11 Å². The van der Waals surface area contributed by atoms with E-state index in [0.29, 0.717) is 12.1 Å². The molecule has 0 heterocycles. The minimum atomic E-state index is 0.104. The average molecular weight is 125 g/mol. The number of allylic oxidation sites excluding steroid dienone is 1. The van der Waals surface area contributed by atoms with Crippen LogP contribution in [-0.2, 0) is 0 Å². The Bertz CT molecular complexity index is 147. The number of hydrogen-bond donors (Lipinski definition) is 2. The number of rotatable bonds is 3. The van der Waals surface area contributed by atoms with Gasteiger partial charge in [-0.25, -0.2) is 0 Å². The fourth-order valence-corrected chi connectivity index (χ4v) is 0.424. The SMILES string of the molecule is C=C/C(O)=C(\C=C)CN. The van der Waals surface area contributed by atoms with Crippen molar-refractivity contribution >= 4 is 0 Å². The van der Waals surface area contributed by atoms with Crippen LogP contribution >= 0.6 is 0 Å². The summed E-state index contributed by atoms with van der Waals surface area (Å²) in [7, 11) is 0. The Balaban J connectivity index is 4.36. The second-order valence-electron chi connectivity index (χ2n) is 1.52. The van der Waals surface area contributed by atoms with Crippen LogP contribution in [0.25, 0.3) is 0 Å². The quantitative estimate of drug-likeness (QED) is 0.438. The molecule has 0 saturated heterocycles. The molecule has 0 aromatic rings. The van der Waals surface area contributed by atoms with Crippen molar-refractivity contribution in [1.29, 1.82) is 0 Å². The highest BCUT2D eigenvalue weighted by Crippen LogP contribution is 2.00. The van der Waals surface area contributed by atoms with Crippen LogP contribution in [0.4, 0.5) is 0 Å². The Morgan fingerprint density at radius 1 is 1.44 bits per heavy atom. The van der Waals surface area contributed by atoms with Crippen LogP contribution in [0.2, 0.25) is 0 Å². The predicted octanol–water partition coefficient (Wildman–Crippen LogP) is 1.13. The lowest BCUT2D eigenvalue weighted by molar-refractivity contribution is 0.427. The molecule has 0 saturated carbocycles. The van der Waals surface area contributed by atoms with Crippen molar-refractivity contribution in [1.82, 2.24) is 0 Å². The Hall–Kier alpha value is -1.02. The van der Waals surface area contributed by atoms with Crippen molar-refractivity contribution in [3.8, 4) is 0 Å². The summed E-state index contributed by atoms with van der Waals surface area (Å²) in [5.74, 6) is 0.104. The van der Waals surface area contributed by atoms with E-state index < -0.39 is 0 Å². The second-order valence-corrected chi connectivity index (χ2v) is 1.52. The molecule has 2 nitrogen and oxygen atoms in total. The van der Waals surface area contributed by atoms with Crippen LogP contribution in [0.3, 0.4) is 0 Å². The fraction of sp³-hybridized carbons (Fsp3) is 0.143. The van der Waals surface area contributed by atoms with E-state index in [1.165, 1.54) is 12.2 Å². The van der Waals surface area contributed by atoms with Gasteiger partial charge < -0.3 is 10.8 Å². The van der Waals surface area contributed by atoms with Crippen molar-refractivity contribution in [2.24, 2.45) is 5.73 Å². The summed E-state index contributed by atoms with van der Waals surface area (Å²) in [6.45, 7) is 7.11. The third-order valence-electron chi connectivity index (χ3n) is 0.989. The van der Waals surface area contributed by atoms with Gasteiger partial charge in [-0.2, -0.15) is 0 Å². The number of hydrogen-bond acceptors (Lipinski definition) is 2. The number of aliphatic hydroxyl groups excluding tert-OH is 1. The third-order valence-corrected chi connectivity index (χ3v) is 0.989. The van der Waals surface area contributed by atoms with Gasteiger partial charge in [0.05, 0.1) is 0 Å². The molecule has 50 valence electrons. The molecule has 0 aliphatic rings. The highest BCUT2D eigenvalue weighted by atomic mass is 16.3. The number of aliphatic hydroxyl groups is 1. The molecule has 0 amide bonds. The number of nitrogens with two attached hydrogens (primary N) is 1. The van der Waals surface area contributed by atoms with Gasteiger partial charge in [-0.3, -0.25) is 0 Å². The molecule has 0 radical (unpaired) electrons. The Kier molecular flexibility index (Phi) is 3.48. The summed E-state index contributed by atoms with van der Waals surface area (Å²) in [5, 5.41) is 8.93. The van der Waals surface area contributed by atoms with Gasteiger partial charge in [-0.1, -0.05) is 19.2 Å². The molecule has 0 aliphatic heterocycles. The minimum absolute atomic E-state index is 0.104. The van der Waals surface area contributed by atoms with Gasteiger partial charge in [-0.05, 0) is 6.08 Å². The zero-order chi connectivity index (χ0) is 7.28. The van der Waals surface area contributed by atoms with Crippen LogP contribution in [0.1, 0.15) is 0 Å². The molecule has 2 heteroatoms. The summed E-state index contributed by atoms with van der Waals surface area (Å²) < 4.78 is 0. The predicted molar refractivity (Wildman–Crippen MR) is 39.1 cm³/mol. The molecule has 0 aromatic heterocycles. The third kappa shape index (κ3) is 2.15. The van der Waals surface area contributed by atoms with Gasteiger partial charge >= 0.3 is 0 Å². The standard InChI is InChI=1S/C7H11NO/c1-3-6(5-8)7(9)4-2/h3-4,9H,1-2,5,8H2/b7-6-. The van der Waals surface area contributed by atoms with Crippen LogP contribution in [0.5, 0.6) is 0 Å². The molecule has 9 heavy (non-hydrogen) atoms. The lowest BCUT2D eigenvalue weighted by Crippen LogP contribution is -2.02. The van der Waals surface area contributed by atoms with E-state index in [2.05, 4.69) is 13.2 Å². The maximum absolute atomic E-state index is 8.93. The first-order valence-corrected chi connectivity index (χ1v) is 2.63. The van der Waals surface area contributed by atoms with Crippen molar-refractivity contribution in [2.75, 3.05) is 6.54 Å². The van der Waals surface area contributed by atoms with E-state index in [-0.39, 0.29) is 5.76 Å². The molecule has 0 unspecified atom stereocenters. The summed E-state index contributed by atoms with van der Waals surface area (Å²) in [6.07, 6.45) is 2.85. The lowest BCUT2D eigenvalue weighted by atomic mass is 10.2. The molecular weight excluding hydrogens is 114 g/mol. The Labute approximate surface area is 55.0 Å². The van der Waals surface area contributed by atoms with Crippen LogP contribution < -0.4 is 5.73 Å². The van der Waals surface area contributed by atoms with E-state index >= 15 is 0 Å². The molecule has 0 atom stereocenters. The van der Waals surface area contributed by atoms with Crippen molar-refractivity contribution in [2.45, 2.75) is 0 Å². The van der Waals surface area contributed by atoms with Crippen LogP contribution in [0.15, 0.2) is 36.6 Å².